The molecule has 0 fully saturated rings. The number of nitrogens with one attached hydrogen (secondary N) is 1. The number of Topliss-reactive ketones (excluding diaryl/α,β-unsaturated/α-hetero) is 3. The Morgan fingerprint density at radius 3 is 1.22 bits per heavy atom. The average Bonchev–Trinajstić information content (AvgIpc) is 2.80. The number of hydrogen-bond donors (Lipinski definition) is 1. The van der Waals surface area contributed by atoms with Gasteiger partial charge in [0.1, 0.15) is 29.5 Å². The zero-order valence-corrected chi connectivity index (χ0v) is 23.6. The molecular weight excluding hydrogens is 466 g/mol. The lowest BCUT2D eigenvalue weighted by Crippen LogP contribution is -2.59. The van der Waals surface area contributed by atoms with Crippen molar-refractivity contribution in [1.82, 2.24) is 5.32 Å². The molecule has 0 aliphatic heterocycles. The minimum Gasteiger partial charge on any atom is -0.378 e. The van der Waals surface area contributed by atoms with Gasteiger partial charge < -0.3 is 24.3 Å². The highest BCUT2D eigenvalue weighted by Crippen LogP contribution is 2.12. The second-order valence-electron chi connectivity index (χ2n) is 10.5. The fourth-order valence-corrected chi connectivity index (χ4v) is 2.99. The molecule has 0 atom stereocenters. The van der Waals surface area contributed by atoms with E-state index in [1.54, 1.807) is 0 Å². The molecule has 1 N–H and O–H groups in total. The van der Waals surface area contributed by atoms with Crippen molar-refractivity contribution in [2.45, 2.75) is 86.3 Å². The molecule has 0 aromatic heterocycles. The average molecular weight is 516 g/mol. The first kappa shape index (κ1) is 34.3. The molecule has 0 unspecified atom stereocenters. The Bertz CT molecular complexity index is 603. The maximum absolute atomic E-state index is 12.7. The van der Waals surface area contributed by atoms with E-state index in [-0.39, 0.29) is 113 Å². The molecule has 9 nitrogen and oxygen atoms in total. The van der Waals surface area contributed by atoms with E-state index in [2.05, 4.69) is 5.32 Å². The smallest absolute Gasteiger partial charge is 0.246 e. The lowest BCUT2D eigenvalue weighted by molar-refractivity contribution is -0.135. The fourth-order valence-electron chi connectivity index (χ4n) is 2.99. The molecule has 0 aliphatic carbocycles. The summed E-state index contributed by atoms with van der Waals surface area (Å²) >= 11 is 0. The van der Waals surface area contributed by atoms with Gasteiger partial charge in [-0.05, 0) is 13.8 Å². The highest BCUT2D eigenvalue weighted by molar-refractivity contribution is 5.81. The lowest BCUT2D eigenvalue weighted by Gasteiger charge is -2.34. The monoisotopic (exact) mass is 515 g/mol. The molecule has 0 heterocycles. The normalized spacial score (nSPS) is 12.1. The second kappa shape index (κ2) is 18.5. The zero-order chi connectivity index (χ0) is 27.7. The van der Waals surface area contributed by atoms with Gasteiger partial charge in [0.15, 0.2) is 0 Å². The van der Waals surface area contributed by atoms with E-state index in [1.165, 1.54) is 0 Å². The maximum atomic E-state index is 12.7. The molecule has 36 heavy (non-hydrogen) atoms. The zero-order valence-electron chi connectivity index (χ0n) is 23.6. The first-order valence-electron chi connectivity index (χ1n) is 13.0. The van der Waals surface area contributed by atoms with Gasteiger partial charge in [0.2, 0.25) is 5.91 Å². The van der Waals surface area contributed by atoms with Crippen molar-refractivity contribution >= 4 is 23.3 Å². The van der Waals surface area contributed by atoms with Crippen LogP contribution in [-0.2, 0) is 38.1 Å². The first-order valence-corrected chi connectivity index (χ1v) is 13.0. The van der Waals surface area contributed by atoms with Crippen molar-refractivity contribution in [2.75, 3.05) is 46.2 Å². The van der Waals surface area contributed by atoms with Gasteiger partial charge in [0.05, 0.1) is 45.7 Å². The molecule has 0 spiro atoms. The van der Waals surface area contributed by atoms with E-state index in [0.717, 1.165) is 0 Å². The minimum absolute atomic E-state index is 0.0298. The van der Waals surface area contributed by atoms with Crippen LogP contribution < -0.4 is 5.32 Å². The van der Waals surface area contributed by atoms with Crippen LogP contribution in [0.25, 0.3) is 0 Å². The van der Waals surface area contributed by atoms with Gasteiger partial charge in [-0.2, -0.15) is 0 Å². The second-order valence-corrected chi connectivity index (χ2v) is 10.5. The molecule has 0 saturated heterocycles. The third-order valence-corrected chi connectivity index (χ3v) is 5.50. The van der Waals surface area contributed by atoms with Gasteiger partial charge in [-0.3, -0.25) is 19.2 Å². The van der Waals surface area contributed by atoms with Crippen LogP contribution in [0.2, 0.25) is 0 Å². The van der Waals surface area contributed by atoms with Crippen LogP contribution in [0.15, 0.2) is 0 Å². The first-order chi connectivity index (χ1) is 16.8. The Morgan fingerprint density at radius 2 is 0.944 bits per heavy atom. The summed E-state index contributed by atoms with van der Waals surface area (Å²) < 4.78 is 22.9. The summed E-state index contributed by atoms with van der Waals surface area (Å²) in [6, 6.07) is 0. The van der Waals surface area contributed by atoms with Gasteiger partial charge in [-0.1, -0.05) is 41.5 Å². The number of ether oxygens (including phenoxy) is 4. The van der Waals surface area contributed by atoms with Crippen molar-refractivity contribution in [3.05, 3.63) is 0 Å². The minimum atomic E-state index is -1.08. The molecular formula is C27H49NO8. The highest BCUT2D eigenvalue weighted by Gasteiger charge is 2.34. The van der Waals surface area contributed by atoms with E-state index < -0.39 is 5.54 Å². The lowest BCUT2D eigenvalue weighted by atomic mass is 10.0. The molecule has 0 aromatic rings. The topological polar surface area (TPSA) is 117 Å². The van der Waals surface area contributed by atoms with Crippen molar-refractivity contribution in [3.63, 3.8) is 0 Å². The van der Waals surface area contributed by atoms with Crippen molar-refractivity contribution in [1.29, 1.82) is 0 Å². The van der Waals surface area contributed by atoms with Crippen LogP contribution in [0.1, 0.15) is 74.7 Å². The Balaban J connectivity index is 5.40. The standard InChI is InChI=1S/C27H49NO8/c1-19(2)23(29)9-12-33-16-27(28-26(32)15-36-22(7)8,17-34-13-10-24(30)20(3)4)18-35-14-11-25(31)21(5)6/h19-22H,9-18H2,1-8H3,(H,28,32). The number of ketones is 3. The third kappa shape index (κ3) is 16.1. The predicted octanol–water partition coefficient (Wildman–Crippen LogP) is 3.16. The summed E-state index contributed by atoms with van der Waals surface area (Å²) in [4.78, 5) is 48.6. The summed E-state index contributed by atoms with van der Waals surface area (Å²) in [5, 5.41) is 2.92. The number of amides is 1. The van der Waals surface area contributed by atoms with Gasteiger partial charge in [-0.15, -0.1) is 0 Å². The Morgan fingerprint density at radius 1 is 0.611 bits per heavy atom. The van der Waals surface area contributed by atoms with Crippen LogP contribution in [0, 0.1) is 17.8 Å². The fraction of sp³-hybridized carbons (Fsp3) is 0.852. The third-order valence-electron chi connectivity index (χ3n) is 5.50. The molecule has 0 saturated carbocycles. The van der Waals surface area contributed by atoms with Gasteiger partial charge in [0.25, 0.3) is 0 Å². The molecule has 0 radical (unpaired) electrons. The molecule has 0 bridgehead atoms. The highest BCUT2D eigenvalue weighted by atomic mass is 16.5. The SMILES string of the molecule is CC(C)OCC(=O)NC(COCCC(=O)C(C)C)(COCCC(=O)C(C)C)COCCC(=O)C(C)C. The van der Waals surface area contributed by atoms with Gasteiger partial charge in [0, 0.05) is 37.0 Å². The number of hydrogen-bond acceptors (Lipinski definition) is 8. The molecule has 0 aromatic carbocycles. The van der Waals surface area contributed by atoms with Gasteiger partial charge >= 0.3 is 0 Å². The molecule has 1 amide bonds. The molecule has 9 heteroatoms. The van der Waals surface area contributed by atoms with Crippen LogP contribution in [-0.4, -0.2) is 81.1 Å². The number of carbonyl (C=O) groups is 4. The van der Waals surface area contributed by atoms with Crippen LogP contribution >= 0.6 is 0 Å². The van der Waals surface area contributed by atoms with E-state index >= 15 is 0 Å². The molecule has 0 aliphatic rings. The summed E-state index contributed by atoms with van der Waals surface area (Å²) in [5.41, 5.74) is -1.08. The summed E-state index contributed by atoms with van der Waals surface area (Å²) in [6.45, 7) is 15.2. The van der Waals surface area contributed by atoms with E-state index in [9.17, 15) is 19.2 Å². The van der Waals surface area contributed by atoms with E-state index in [0.29, 0.717) is 0 Å². The van der Waals surface area contributed by atoms with Crippen molar-refractivity contribution in [3.8, 4) is 0 Å². The van der Waals surface area contributed by atoms with Crippen LogP contribution in [0.3, 0.4) is 0 Å². The van der Waals surface area contributed by atoms with E-state index in [1.807, 2.05) is 55.4 Å². The quantitative estimate of drug-likeness (QED) is 0.219. The summed E-state index contributed by atoms with van der Waals surface area (Å²) in [6.07, 6.45) is 0.642. The number of carbonyl (C=O) groups excluding carboxylic acids is 4. The summed E-state index contributed by atoms with van der Waals surface area (Å²) in [5.74, 6) is -0.375. The maximum Gasteiger partial charge on any atom is 0.246 e. The Hall–Kier alpha value is -1.68. The Kier molecular flexibility index (Phi) is 17.7. The Labute approximate surface area is 217 Å². The largest absolute Gasteiger partial charge is 0.378 e. The molecule has 210 valence electrons. The van der Waals surface area contributed by atoms with Crippen molar-refractivity contribution < 1.29 is 38.1 Å². The van der Waals surface area contributed by atoms with Gasteiger partial charge in [-0.25, -0.2) is 0 Å². The van der Waals surface area contributed by atoms with Crippen molar-refractivity contribution in [2.24, 2.45) is 17.8 Å². The van der Waals surface area contributed by atoms with Crippen LogP contribution in [0.4, 0.5) is 0 Å². The van der Waals surface area contributed by atoms with E-state index in [4.69, 9.17) is 18.9 Å². The predicted molar refractivity (Wildman–Crippen MR) is 138 cm³/mol. The molecule has 0 rings (SSSR count). The van der Waals surface area contributed by atoms with Crippen LogP contribution in [0.5, 0.6) is 0 Å². The summed E-state index contributed by atoms with van der Waals surface area (Å²) in [7, 11) is 0. The number of rotatable bonds is 22.